The molecule has 1 aromatic heterocycles. The molecular weight excluding hydrogens is 300 g/mol. The van der Waals surface area contributed by atoms with Crippen LogP contribution in [0.3, 0.4) is 0 Å². The summed E-state index contributed by atoms with van der Waals surface area (Å²) in [5.41, 5.74) is 2.47. The molecule has 0 fully saturated rings. The Balaban J connectivity index is 1.90. The summed E-state index contributed by atoms with van der Waals surface area (Å²) in [6, 6.07) is 12.2. The molecule has 0 saturated heterocycles. The predicted octanol–water partition coefficient (Wildman–Crippen LogP) is 4.28. The third-order valence-corrected chi connectivity index (χ3v) is 3.65. The summed E-state index contributed by atoms with van der Waals surface area (Å²) in [4.78, 5) is 26.8. The molecular formula is C17H13ClN2O2. The number of halogens is 1. The van der Waals surface area contributed by atoms with Crippen LogP contribution in [0.1, 0.15) is 27.6 Å². The van der Waals surface area contributed by atoms with Gasteiger partial charge in [-0.05, 0) is 31.2 Å². The van der Waals surface area contributed by atoms with Gasteiger partial charge in [-0.3, -0.25) is 9.59 Å². The average Bonchev–Trinajstić information content (AvgIpc) is 2.90. The van der Waals surface area contributed by atoms with Gasteiger partial charge >= 0.3 is 0 Å². The van der Waals surface area contributed by atoms with Crippen LogP contribution >= 0.6 is 11.6 Å². The van der Waals surface area contributed by atoms with Crippen LogP contribution < -0.4 is 5.32 Å². The molecule has 0 bridgehead atoms. The molecule has 0 unspecified atom stereocenters. The van der Waals surface area contributed by atoms with E-state index in [-0.39, 0.29) is 11.7 Å². The lowest BCUT2D eigenvalue weighted by atomic mass is 10.1. The fourth-order valence-electron chi connectivity index (χ4n) is 2.30. The predicted molar refractivity (Wildman–Crippen MR) is 87.7 cm³/mol. The number of Topliss-reactive ketones (excluding diaryl/α,β-unsaturated/α-hetero) is 1. The molecule has 1 amide bonds. The second kappa shape index (κ2) is 5.66. The van der Waals surface area contributed by atoms with Crippen LogP contribution in [0.5, 0.6) is 0 Å². The minimum Gasteiger partial charge on any atom is -0.360 e. The van der Waals surface area contributed by atoms with E-state index in [9.17, 15) is 9.59 Å². The van der Waals surface area contributed by atoms with Crippen molar-refractivity contribution in [2.45, 2.75) is 6.92 Å². The van der Waals surface area contributed by atoms with Crippen LogP contribution in [-0.2, 0) is 0 Å². The molecule has 110 valence electrons. The Labute approximate surface area is 132 Å². The standard InChI is InChI=1S/C17H13ClN2O2/c1-10(21)11-3-2-4-13(7-11)20-17(22)15-9-19-16-8-12(18)5-6-14(15)16/h2-9,19H,1H3,(H,20,22). The summed E-state index contributed by atoms with van der Waals surface area (Å²) >= 11 is 5.93. The number of hydrogen-bond donors (Lipinski definition) is 2. The second-order valence-corrected chi connectivity index (χ2v) is 5.42. The van der Waals surface area contributed by atoms with Crippen LogP contribution in [-0.4, -0.2) is 16.7 Å². The molecule has 2 N–H and O–H groups in total. The van der Waals surface area contributed by atoms with Gasteiger partial charge in [-0.15, -0.1) is 0 Å². The third-order valence-electron chi connectivity index (χ3n) is 3.42. The van der Waals surface area contributed by atoms with Gasteiger partial charge in [-0.1, -0.05) is 29.8 Å². The molecule has 0 saturated carbocycles. The molecule has 2 aromatic carbocycles. The van der Waals surface area contributed by atoms with Crippen molar-refractivity contribution in [1.82, 2.24) is 4.98 Å². The Morgan fingerprint density at radius 3 is 2.73 bits per heavy atom. The fraction of sp³-hybridized carbons (Fsp3) is 0.0588. The minimum absolute atomic E-state index is 0.0437. The summed E-state index contributed by atoms with van der Waals surface area (Å²) in [7, 11) is 0. The Morgan fingerprint density at radius 2 is 1.95 bits per heavy atom. The number of anilines is 1. The topological polar surface area (TPSA) is 62.0 Å². The first-order valence-electron chi connectivity index (χ1n) is 6.73. The number of aromatic amines is 1. The van der Waals surface area contributed by atoms with E-state index < -0.39 is 0 Å². The molecule has 0 atom stereocenters. The highest BCUT2D eigenvalue weighted by molar-refractivity contribution is 6.31. The maximum Gasteiger partial charge on any atom is 0.257 e. The number of aromatic nitrogens is 1. The van der Waals surface area contributed by atoms with Crippen LogP contribution in [0.15, 0.2) is 48.7 Å². The molecule has 0 aliphatic rings. The lowest BCUT2D eigenvalue weighted by Gasteiger charge is -2.05. The molecule has 0 spiro atoms. The highest BCUT2D eigenvalue weighted by Gasteiger charge is 2.13. The van der Waals surface area contributed by atoms with Crippen molar-refractivity contribution in [3.05, 3.63) is 64.8 Å². The number of hydrogen-bond acceptors (Lipinski definition) is 2. The van der Waals surface area contributed by atoms with E-state index in [2.05, 4.69) is 10.3 Å². The van der Waals surface area contributed by atoms with Gasteiger partial charge in [0.2, 0.25) is 0 Å². The van der Waals surface area contributed by atoms with E-state index in [4.69, 9.17) is 11.6 Å². The first-order valence-corrected chi connectivity index (χ1v) is 7.11. The van der Waals surface area contributed by atoms with Crippen molar-refractivity contribution in [2.75, 3.05) is 5.32 Å². The average molecular weight is 313 g/mol. The van der Waals surface area contributed by atoms with Gasteiger partial charge in [0.15, 0.2) is 5.78 Å². The van der Waals surface area contributed by atoms with E-state index >= 15 is 0 Å². The maximum absolute atomic E-state index is 12.4. The van der Waals surface area contributed by atoms with Crippen molar-refractivity contribution in [1.29, 1.82) is 0 Å². The van der Waals surface area contributed by atoms with Gasteiger partial charge in [0.05, 0.1) is 5.56 Å². The Bertz CT molecular complexity index is 883. The molecule has 0 radical (unpaired) electrons. The van der Waals surface area contributed by atoms with Gasteiger partial charge in [0, 0.05) is 33.4 Å². The molecule has 1 heterocycles. The number of amides is 1. The Morgan fingerprint density at radius 1 is 1.14 bits per heavy atom. The first-order chi connectivity index (χ1) is 10.5. The van der Waals surface area contributed by atoms with E-state index in [1.807, 2.05) is 0 Å². The zero-order chi connectivity index (χ0) is 15.7. The van der Waals surface area contributed by atoms with Gasteiger partial charge in [-0.25, -0.2) is 0 Å². The van der Waals surface area contributed by atoms with Gasteiger partial charge in [0.1, 0.15) is 0 Å². The molecule has 4 nitrogen and oxygen atoms in total. The smallest absolute Gasteiger partial charge is 0.257 e. The van der Waals surface area contributed by atoms with Crippen molar-refractivity contribution in [3.63, 3.8) is 0 Å². The van der Waals surface area contributed by atoms with Crippen molar-refractivity contribution >= 4 is 39.9 Å². The van der Waals surface area contributed by atoms with E-state index in [0.29, 0.717) is 21.8 Å². The van der Waals surface area contributed by atoms with E-state index in [1.54, 1.807) is 48.7 Å². The lowest BCUT2D eigenvalue weighted by Crippen LogP contribution is -2.11. The number of carbonyl (C=O) groups is 2. The highest BCUT2D eigenvalue weighted by Crippen LogP contribution is 2.23. The number of H-pyrrole nitrogens is 1. The quantitative estimate of drug-likeness (QED) is 0.709. The molecule has 3 rings (SSSR count). The van der Waals surface area contributed by atoms with Crippen LogP contribution in [0.4, 0.5) is 5.69 Å². The third kappa shape index (κ3) is 2.73. The Hall–Kier alpha value is -2.59. The summed E-state index contributed by atoms with van der Waals surface area (Å²) in [6.45, 7) is 1.49. The van der Waals surface area contributed by atoms with Crippen LogP contribution in [0, 0.1) is 0 Å². The normalized spacial score (nSPS) is 10.6. The molecule has 22 heavy (non-hydrogen) atoms. The summed E-state index contributed by atoms with van der Waals surface area (Å²) in [5, 5.41) is 4.21. The molecule has 5 heteroatoms. The van der Waals surface area contributed by atoms with Crippen LogP contribution in [0.2, 0.25) is 5.02 Å². The lowest BCUT2D eigenvalue weighted by molar-refractivity contribution is 0.101. The number of fused-ring (bicyclic) bond motifs is 1. The van der Waals surface area contributed by atoms with Crippen molar-refractivity contribution in [3.8, 4) is 0 Å². The zero-order valence-electron chi connectivity index (χ0n) is 11.8. The SMILES string of the molecule is CC(=O)c1cccc(NC(=O)c2c[nH]c3cc(Cl)ccc23)c1. The largest absolute Gasteiger partial charge is 0.360 e. The number of rotatable bonds is 3. The van der Waals surface area contributed by atoms with Crippen LogP contribution in [0.25, 0.3) is 10.9 Å². The van der Waals surface area contributed by atoms with Crippen molar-refractivity contribution in [2.24, 2.45) is 0 Å². The number of carbonyl (C=O) groups excluding carboxylic acids is 2. The summed E-state index contributed by atoms with van der Waals surface area (Å²) in [6.07, 6.45) is 1.64. The van der Waals surface area contributed by atoms with Gasteiger partial charge < -0.3 is 10.3 Å². The summed E-state index contributed by atoms with van der Waals surface area (Å²) in [5.74, 6) is -0.285. The fourth-order valence-corrected chi connectivity index (χ4v) is 2.47. The van der Waals surface area contributed by atoms with Gasteiger partial charge in [0.25, 0.3) is 5.91 Å². The number of nitrogens with one attached hydrogen (secondary N) is 2. The minimum atomic E-state index is -0.241. The number of ketones is 1. The van der Waals surface area contributed by atoms with E-state index in [0.717, 1.165) is 10.9 Å². The van der Waals surface area contributed by atoms with E-state index in [1.165, 1.54) is 6.92 Å². The van der Waals surface area contributed by atoms with Gasteiger partial charge in [-0.2, -0.15) is 0 Å². The number of benzene rings is 2. The Kier molecular flexibility index (Phi) is 3.69. The zero-order valence-corrected chi connectivity index (χ0v) is 12.6. The second-order valence-electron chi connectivity index (χ2n) is 4.98. The molecule has 3 aromatic rings. The van der Waals surface area contributed by atoms with Crippen molar-refractivity contribution < 1.29 is 9.59 Å². The molecule has 0 aliphatic carbocycles. The summed E-state index contributed by atoms with van der Waals surface area (Å²) < 4.78 is 0. The first kappa shape index (κ1) is 14.4. The maximum atomic E-state index is 12.4. The highest BCUT2D eigenvalue weighted by atomic mass is 35.5. The monoisotopic (exact) mass is 312 g/mol. The molecule has 0 aliphatic heterocycles.